The number of rotatable bonds is 5. The summed E-state index contributed by atoms with van der Waals surface area (Å²) in [5.74, 6) is -0.727. The molecule has 1 rings (SSSR count). The number of benzene rings is 1. The van der Waals surface area contributed by atoms with Crippen LogP contribution >= 0.6 is 0 Å². The first-order valence-corrected chi connectivity index (χ1v) is 6.00. The third-order valence-electron chi connectivity index (χ3n) is 2.37. The van der Waals surface area contributed by atoms with Crippen molar-refractivity contribution in [2.75, 3.05) is 13.2 Å². The average molecular weight is 262 g/mol. The lowest BCUT2D eigenvalue weighted by Crippen LogP contribution is -2.10. The zero-order valence-electron chi connectivity index (χ0n) is 11.4. The summed E-state index contributed by atoms with van der Waals surface area (Å²) in [6.45, 7) is 4.93. The predicted molar refractivity (Wildman–Crippen MR) is 72.4 cm³/mol. The van der Waals surface area contributed by atoms with Crippen LogP contribution in [0.3, 0.4) is 0 Å². The molecule has 0 aliphatic heterocycles. The van der Waals surface area contributed by atoms with Crippen LogP contribution in [0.15, 0.2) is 29.8 Å². The lowest BCUT2D eigenvalue weighted by Gasteiger charge is -2.08. The van der Waals surface area contributed by atoms with E-state index < -0.39 is 0 Å². The Bertz CT molecular complexity index is 451. The molecule has 19 heavy (non-hydrogen) atoms. The maximum absolute atomic E-state index is 10.8. The van der Waals surface area contributed by atoms with Crippen molar-refractivity contribution < 1.29 is 19.1 Å². The second-order valence-electron chi connectivity index (χ2n) is 4.27. The predicted octanol–water partition coefficient (Wildman–Crippen LogP) is 2.50. The van der Waals surface area contributed by atoms with Gasteiger partial charge in [-0.1, -0.05) is 29.8 Å². The third-order valence-corrected chi connectivity index (χ3v) is 2.37. The van der Waals surface area contributed by atoms with Crippen LogP contribution in [-0.4, -0.2) is 25.2 Å². The third kappa shape index (κ3) is 6.41. The van der Waals surface area contributed by atoms with Crippen LogP contribution in [0, 0.1) is 6.92 Å². The number of hydrogen-bond acceptors (Lipinski definition) is 4. The molecular weight excluding hydrogens is 244 g/mol. The summed E-state index contributed by atoms with van der Waals surface area (Å²) in [5.41, 5.74) is 2.87. The number of carbonyl (C=O) groups excluding carboxylic acids is 2. The Kier molecular flexibility index (Phi) is 5.79. The summed E-state index contributed by atoms with van der Waals surface area (Å²) in [6.07, 6.45) is 1.85. The van der Waals surface area contributed by atoms with E-state index in [-0.39, 0.29) is 25.2 Å². The molecule has 1 aromatic rings. The summed E-state index contributed by atoms with van der Waals surface area (Å²) in [5, 5.41) is 0. The largest absolute Gasteiger partial charge is 0.461 e. The van der Waals surface area contributed by atoms with Gasteiger partial charge in [0.1, 0.15) is 13.2 Å². The molecular formula is C15H18O4. The zero-order chi connectivity index (χ0) is 14.3. The van der Waals surface area contributed by atoms with Crippen LogP contribution in [0.2, 0.25) is 0 Å². The molecule has 0 amide bonds. The van der Waals surface area contributed by atoms with Gasteiger partial charge in [-0.3, -0.25) is 9.59 Å². The molecule has 0 radical (unpaired) electrons. The van der Waals surface area contributed by atoms with Gasteiger partial charge in [-0.05, 0) is 18.6 Å². The zero-order valence-corrected chi connectivity index (χ0v) is 11.4. The van der Waals surface area contributed by atoms with E-state index in [4.69, 9.17) is 9.47 Å². The average Bonchev–Trinajstić information content (AvgIpc) is 2.35. The highest BCUT2D eigenvalue weighted by atomic mass is 16.5. The van der Waals surface area contributed by atoms with E-state index in [1.165, 1.54) is 19.4 Å². The smallest absolute Gasteiger partial charge is 0.302 e. The normalized spacial score (nSPS) is 9.63. The van der Waals surface area contributed by atoms with Gasteiger partial charge in [0, 0.05) is 19.4 Å². The Balaban J connectivity index is 2.77. The molecule has 0 saturated heterocycles. The molecule has 0 atom stereocenters. The highest BCUT2D eigenvalue weighted by molar-refractivity contribution is 5.67. The van der Waals surface area contributed by atoms with Crippen LogP contribution in [0.1, 0.15) is 25.0 Å². The number of ether oxygens (including phenoxy) is 2. The number of hydrogen-bond donors (Lipinski definition) is 0. The van der Waals surface area contributed by atoms with Gasteiger partial charge >= 0.3 is 11.9 Å². The highest BCUT2D eigenvalue weighted by Crippen LogP contribution is 2.10. The fourth-order valence-electron chi connectivity index (χ4n) is 1.41. The fraction of sp³-hybridized carbons (Fsp3) is 0.333. The van der Waals surface area contributed by atoms with E-state index in [1.54, 1.807) is 0 Å². The van der Waals surface area contributed by atoms with Crippen molar-refractivity contribution in [1.29, 1.82) is 0 Å². The molecule has 0 heterocycles. The molecule has 1 aromatic carbocycles. The quantitative estimate of drug-likeness (QED) is 0.765. The summed E-state index contributed by atoms with van der Waals surface area (Å²) < 4.78 is 9.87. The van der Waals surface area contributed by atoms with Crippen LogP contribution in [0.4, 0.5) is 0 Å². The standard InChI is InChI=1S/C15H18O4/c1-11-4-6-14(7-5-11)8-15(9-18-12(2)16)10-19-13(3)17/h4-8H,9-10H2,1-3H3. The molecule has 0 unspecified atom stereocenters. The van der Waals surface area contributed by atoms with Gasteiger partial charge in [-0.25, -0.2) is 0 Å². The van der Waals surface area contributed by atoms with Gasteiger partial charge in [-0.15, -0.1) is 0 Å². The monoisotopic (exact) mass is 262 g/mol. The molecule has 0 aliphatic rings. The molecule has 0 bridgehead atoms. The Labute approximate surface area is 113 Å². The maximum Gasteiger partial charge on any atom is 0.302 e. The van der Waals surface area contributed by atoms with Gasteiger partial charge in [0.25, 0.3) is 0 Å². The van der Waals surface area contributed by atoms with E-state index in [0.717, 1.165) is 11.1 Å². The van der Waals surface area contributed by atoms with Crippen molar-refractivity contribution in [3.63, 3.8) is 0 Å². The molecule has 0 aromatic heterocycles. The fourth-order valence-corrected chi connectivity index (χ4v) is 1.41. The topological polar surface area (TPSA) is 52.6 Å². The number of aryl methyl sites for hydroxylation is 1. The Morgan fingerprint density at radius 1 is 1.00 bits per heavy atom. The molecule has 0 fully saturated rings. The molecule has 0 spiro atoms. The first-order chi connectivity index (χ1) is 8.97. The van der Waals surface area contributed by atoms with E-state index in [0.29, 0.717) is 0 Å². The second kappa shape index (κ2) is 7.36. The molecule has 102 valence electrons. The van der Waals surface area contributed by atoms with Crippen molar-refractivity contribution in [2.24, 2.45) is 0 Å². The number of carbonyl (C=O) groups is 2. The summed E-state index contributed by atoms with van der Waals surface area (Å²) in [6, 6.07) is 7.88. The maximum atomic E-state index is 10.8. The minimum absolute atomic E-state index is 0.122. The van der Waals surface area contributed by atoms with Crippen molar-refractivity contribution in [1.82, 2.24) is 0 Å². The van der Waals surface area contributed by atoms with Crippen LogP contribution in [0.5, 0.6) is 0 Å². The molecule has 0 N–H and O–H groups in total. The molecule has 0 aliphatic carbocycles. The van der Waals surface area contributed by atoms with E-state index in [2.05, 4.69) is 0 Å². The molecule has 4 heteroatoms. The lowest BCUT2D eigenvalue weighted by molar-refractivity contribution is -0.141. The van der Waals surface area contributed by atoms with Gasteiger partial charge in [-0.2, -0.15) is 0 Å². The number of esters is 2. The molecule has 4 nitrogen and oxygen atoms in total. The lowest BCUT2D eigenvalue weighted by atomic mass is 10.1. The minimum Gasteiger partial charge on any atom is -0.461 e. The van der Waals surface area contributed by atoms with Crippen molar-refractivity contribution >= 4 is 18.0 Å². The second-order valence-corrected chi connectivity index (χ2v) is 4.27. The SMILES string of the molecule is CC(=O)OCC(=Cc1ccc(C)cc1)COC(C)=O. The van der Waals surface area contributed by atoms with Crippen LogP contribution in [0.25, 0.3) is 6.08 Å². The van der Waals surface area contributed by atoms with Crippen molar-refractivity contribution in [3.05, 3.63) is 41.0 Å². The highest BCUT2D eigenvalue weighted by Gasteiger charge is 2.04. The van der Waals surface area contributed by atoms with Crippen molar-refractivity contribution in [3.8, 4) is 0 Å². The first kappa shape index (κ1) is 15.0. The minimum atomic E-state index is -0.363. The summed E-state index contributed by atoms with van der Waals surface area (Å²) in [4.78, 5) is 21.7. The Hall–Kier alpha value is -2.10. The molecule has 0 saturated carbocycles. The van der Waals surface area contributed by atoms with Crippen LogP contribution in [-0.2, 0) is 19.1 Å². The first-order valence-electron chi connectivity index (χ1n) is 6.00. The van der Waals surface area contributed by atoms with E-state index >= 15 is 0 Å². The Morgan fingerprint density at radius 3 is 1.89 bits per heavy atom. The summed E-state index contributed by atoms with van der Waals surface area (Å²) in [7, 11) is 0. The van der Waals surface area contributed by atoms with E-state index in [1.807, 2.05) is 37.3 Å². The van der Waals surface area contributed by atoms with Gasteiger partial charge in [0.05, 0.1) is 0 Å². The Morgan fingerprint density at radius 2 is 1.47 bits per heavy atom. The summed E-state index contributed by atoms with van der Waals surface area (Å²) >= 11 is 0. The van der Waals surface area contributed by atoms with Gasteiger partial charge in [0.2, 0.25) is 0 Å². The van der Waals surface area contributed by atoms with E-state index in [9.17, 15) is 9.59 Å². The van der Waals surface area contributed by atoms with Gasteiger partial charge in [0.15, 0.2) is 0 Å². The van der Waals surface area contributed by atoms with Crippen molar-refractivity contribution in [2.45, 2.75) is 20.8 Å². The van der Waals surface area contributed by atoms with Crippen LogP contribution < -0.4 is 0 Å². The van der Waals surface area contributed by atoms with Gasteiger partial charge < -0.3 is 9.47 Å².